The predicted molar refractivity (Wildman–Crippen MR) is 118 cm³/mol. The summed E-state index contributed by atoms with van der Waals surface area (Å²) in [5.74, 6) is -0.835. The normalized spacial score (nSPS) is 12.1. The van der Waals surface area contributed by atoms with Crippen molar-refractivity contribution in [3.05, 3.63) is 77.6 Å². The summed E-state index contributed by atoms with van der Waals surface area (Å²) >= 11 is 0. The molecule has 0 bridgehead atoms. The van der Waals surface area contributed by atoms with Gasteiger partial charge in [-0.2, -0.15) is 0 Å². The molecule has 1 aromatic heterocycles. The summed E-state index contributed by atoms with van der Waals surface area (Å²) in [5, 5.41) is 5.85. The van der Waals surface area contributed by atoms with E-state index in [0.29, 0.717) is 0 Å². The molecule has 1 amide bonds. The van der Waals surface area contributed by atoms with Crippen LogP contribution in [0.5, 0.6) is 0 Å². The summed E-state index contributed by atoms with van der Waals surface area (Å²) in [6.45, 7) is 5.42. The number of carbonyl (C=O) groups is 2. The highest BCUT2D eigenvalue weighted by Crippen LogP contribution is 2.30. The number of amides is 1. The van der Waals surface area contributed by atoms with Crippen molar-refractivity contribution in [2.24, 2.45) is 0 Å². The van der Waals surface area contributed by atoms with Crippen molar-refractivity contribution < 1.29 is 18.7 Å². The first-order chi connectivity index (χ1) is 14.4. The molecule has 1 heterocycles. The molecule has 0 aliphatic carbocycles. The van der Waals surface area contributed by atoms with Crippen LogP contribution in [0.2, 0.25) is 0 Å². The monoisotopic (exact) mass is 401 g/mol. The maximum atomic E-state index is 12.5. The molecular weight excluding hydrogens is 378 g/mol. The van der Waals surface area contributed by atoms with Crippen LogP contribution >= 0.6 is 0 Å². The van der Waals surface area contributed by atoms with Gasteiger partial charge in [0.15, 0.2) is 6.10 Å². The molecule has 0 aliphatic heterocycles. The first kappa shape index (κ1) is 19.7. The second kappa shape index (κ2) is 8.03. The van der Waals surface area contributed by atoms with E-state index in [4.69, 9.17) is 9.15 Å². The van der Waals surface area contributed by atoms with Gasteiger partial charge < -0.3 is 14.5 Å². The Bertz CT molecular complexity index is 1230. The maximum Gasteiger partial charge on any atom is 0.311 e. The summed E-state index contributed by atoms with van der Waals surface area (Å²) in [4.78, 5) is 25.1. The topological polar surface area (TPSA) is 68.5 Å². The SMILES string of the molecule is Cc1cccc(C)c1NC(=O)[C@H](C)OC(=O)Cc1coc2ccc3ccccc3c12. The Balaban J connectivity index is 1.48. The Morgan fingerprint density at radius 3 is 2.50 bits per heavy atom. The second-order valence-corrected chi connectivity index (χ2v) is 7.49. The minimum atomic E-state index is -0.911. The van der Waals surface area contributed by atoms with Crippen molar-refractivity contribution in [3.63, 3.8) is 0 Å². The summed E-state index contributed by atoms with van der Waals surface area (Å²) < 4.78 is 11.0. The number of hydrogen-bond acceptors (Lipinski definition) is 4. The third-order valence-electron chi connectivity index (χ3n) is 5.28. The zero-order chi connectivity index (χ0) is 21.3. The number of nitrogens with one attached hydrogen (secondary N) is 1. The molecule has 0 saturated heterocycles. The van der Waals surface area contributed by atoms with E-state index in [1.807, 2.05) is 68.4 Å². The van der Waals surface area contributed by atoms with Crippen molar-refractivity contribution in [1.29, 1.82) is 0 Å². The van der Waals surface area contributed by atoms with E-state index in [2.05, 4.69) is 5.32 Å². The lowest BCUT2D eigenvalue weighted by atomic mass is 10.0. The molecule has 0 fully saturated rings. The van der Waals surface area contributed by atoms with Gasteiger partial charge in [-0.25, -0.2) is 0 Å². The summed E-state index contributed by atoms with van der Waals surface area (Å²) in [5.41, 5.74) is 4.13. The molecule has 1 atom stereocenters. The van der Waals surface area contributed by atoms with Crippen LogP contribution in [0.4, 0.5) is 5.69 Å². The minimum Gasteiger partial charge on any atom is -0.464 e. The minimum absolute atomic E-state index is 0.0298. The summed E-state index contributed by atoms with van der Waals surface area (Å²) in [6.07, 6.45) is 0.702. The van der Waals surface area contributed by atoms with Gasteiger partial charge in [-0.15, -0.1) is 0 Å². The standard InChI is InChI=1S/C25H23NO4/c1-15-7-6-8-16(2)24(15)26-25(28)17(3)30-22(27)13-19-14-29-21-12-11-18-9-4-5-10-20(18)23(19)21/h4-12,14,17H,13H2,1-3H3,(H,26,28)/t17-/m0/s1. The first-order valence-electron chi connectivity index (χ1n) is 9.88. The van der Waals surface area contributed by atoms with Gasteiger partial charge in [0.1, 0.15) is 5.58 Å². The van der Waals surface area contributed by atoms with Gasteiger partial charge in [0.2, 0.25) is 0 Å². The fourth-order valence-electron chi connectivity index (χ4n) is 3.69. The Kier molecular flexibility index (Phi) is 5.27. The van der Waals surface area contributed by atoms with E-state index < -0.39 is 12.1 Å². The lowest BCUT2D eigenvalue weighted by Gasteiger charge is -2.16. The number of hydrogen-bond donors (Lipinski definition) is 1. The van der Waals surface area contributed by atoms with Gasteiger partial charge >= 0.3 is 5.97 Å². The van der Waals surface area contributed by atoms with Gasteiger partial charge in [0.05, 0.1) is 12.7 Å². The fraction of sp³-hybridized carbons (Fsp3) is 0.200. The Morgan fingerprint density at radius 1 is 1.00 bits per heavy atom. The highest BCUT2D eigenvalue weighted by molar-refractivity contribution is 6.08. The molecule has 0 aliphatic rings. The van der Waals surface area contributed by atoms with Crippen LogP contribution in [-0.4, -0.2) is 18.0 Å². The highest BCUT2D eigenvalue weighted by atomic mass is 16.5. The second-order valence-electron chi connectivity index (χ2n) is 7.49. The number of carbonyl (C=O) groups excluding carboxylic acids is 2. The number of benzene rings is 3. The Labute approximate surface area is 174 Å². The van der Waals surface area contributed by atoms with Crippen molar-refractivity contribution in [2.45, 2.75) is 33.3 Å². The molecule has 4 aromatic rings. The molecule has 152 valence electrons. The van der Waals surface area contributed by atoms with Crippen molar-refractivity contribution >= 4 is 39.3 Å². The van der Waals surface area contributed by atoms with Crippen LogP contribution in [0.15, 0.2) is 65.3 Å². The van der Waals surface area contributed by atoms with E-state index in [0.717, 1.165) is 44.1 Å². The van der Waals surface area contributed by atoms with E-state index in [9.17, 15) is 9.59 Å². The van der Waals surface area contributed by atoms with Crippen molar-refractivity contribution in [3.8, 4) is 0 Å². The predicted octanol–water partition coefficient (Wildman–Crippen LogP) is 5.32. The Morgan fingerprint density at radius 2 is 1.73 bits per heavy atom. The van der Waals surface area contributed by atoms with Crippen molar-refractivity contribution in [2.75, 3.05) is 5.32 Å². The van der Waals surface area contributed by atoms with E-state index in [-0.39, 0.29) is 12.3 Å². The third kappa shape index (κ3) is 3.79. The van der Waals surface area contributed by atoms with Gasteiger partial charge in [-0.05, 0) is 48.7 Å². The number of fused-ring (bicyclic) bond motifs is 3. The number of anilines is 1. The fourth-order valence-corrected chi connectivity index (χ4v) is 3.69. The number of esters is 1. The smallest absolute Gasteiger partial charge is 0.311 e. The number of para-hydroxylation sites is 1. The van der Waals surface area contributed by atoms with Gasteiger partial charge in [0.25, 0.3) is 5.91 Å². The van der Waals surface area contributed by atoms with Gasteiger partial charge in [0, 0.05) is 16.6 Å². The molecule has 3 aromatic carbocycles. The van der Waals surface area contributed by atoms with E-state index >= 15 is 0 Å². The zero-order valence-corrected chi connectivity index (χ0v) is 17.2. The summed E-state index contributed by atoms with van der Waals surface area (Å²) in [7, 11) is 0. The van der Waals surface area contributed by atoms with Crippen LogP contribution in [0.1, 0.15) is 23.6 Å². The first-order valence-corrected chi connectivity index (χ1v) is 9.88. The number of rotatable bonds is 5. The van der Waals surface area contributed by atoms with Gasteiger partial charge in [-0.3, -0.25) is 9.59 Å². The van der Waals surface area contributed by atoms with Crippen LogP contribution in [0.3, 0.4) is 0 Å². The average molecular weight is 401 g/mol. The molecule has 30 heavy (non-hydrogen) atoms. The van der Waals surface area contributed by atoms with Crippen molar-refractivity contribution in [1.82, 2.24) is 0 Å². The van der Waals surface area contributed by atoms with E-state index in [1.54, 1.807) is 13.2 Å². The largest absolute Gasteiger partial charge is 0.464 e. The molecule has 5 nitrogen and oxygen atoms in total. The molecular formula is C25H23NO4. The number of aryl methyl sites for hydroxylation is 2. The quantitative estimate of drug-likeness (QED) is 0.460. The number of ether oxygens (including phenoxy) is 1. The average Bonchev–Trinajstić information content (AvgIpc) is 3.13. The molecule has 0 radical (unpaired) electrons. The zero-order valence-electron chi connectivity index (χ0n) is 17.2. The van der Waals surface area contributed by atoms with Gasteiger partial charge in [-0.1, -0.05) is 48.5 Å². The van der Waals surface area contributed by atoms with Crippen LogP contribution in [-0.2, 0) is 20.7 Å². The summed E-state index contributed by atoms with van der Waals surface area (Å²) in [6, 6.07) is 17.6. The Hall–Kier alpha value is -3.60. The lowest BCUT2D eigenvalue weighted by Crippen LogP contribution is -2.31. The maximum absolute atomic E-state index is 12.5. The molecule has 0 spiro atoms. The highest BCUT2D eigenvalue weighted by Gasteiger charge is 2.21. The molecule has 0 unspecified atom stereocenters. The molecule has 1 N–H and O–H groups in total. The lowest BCUT2D eigenvalue weighted by molar-refractivity contribution is -0.152. The number of furan rings is 1. The van der Waals surface area contributed by atoms with Crippen LogP contribution in [0.25, 0.3) is 21.7 Å². The molecule has 4 rings (SSSR count). The van der Waals surface area contributed by atoms with E-state index in [1.165, 1.54) is 0 Å². The van der Waals surface area contributed by atoms with Crippen LogP contribution in [0, 0.1) is 13.8 Å². The molecule has 0 saturated carbocycles. The molecule has 5 heteroatoms. The third-order valence-corrected chi connectivity index (χ3v) is 5.28. The van der Waals surface area contributed by atoms with Crippen LogP contribution < -0.4 is 5.32 Å².